The van der Waals surface area contributed by atoms with E-state index in [1.54, 1.807) is 19.1 Å². The molecular weight excluding hydrogens is 270 g/mol. The molecule has 0 radical (unpaired) electrons. The van der Waals surface area contributed by atoms with E-state index in [0.717, 1.165) is 6.42 Å². The summed E-state index contributed by atoms with van der Waals surface area (Å²) in [6, 6.07) is 3.50. The van der Waals surface area contributed by atoms with E-state index in [1.165, 1.54) is 12.7 Å². The van der Waals surface area contributed by atoms with E-state index in [9.17, 15) is 5.11 Å². The van der Waals surface area contributed by atoms with Crippen molar-refractivity contribution in [2.24, 2.45) is 0 Å². The first-order valence-corrected chi connectivity index (χ1v) is 6.86. The van der Waals surface area contributed by atoms with Crippen molar-refractivity contribution in [1.82, 2.24) is 15.0 Å². The molecule has 1 aromatic carbocycles. The maximum Gasteiger partial charge on any atom is 0.196 e. The smallest absolute Gasteiger partial charge is 0.196 e. The number of ether oxygens (including phenoxy) is 2. The summed E-state index contributed by atoms with van der Waals surface area (Å²) in [7, 11) is 0. The summed E-state index contributed by atoms with van der Waals surface area (Å²) < 4.78 is 11.2. The number of phenolic OH excluding ortho intramolecular Hbond substituents is 1. The number of benzene rings is 1. The Morgan fingerprint density at radius 3 is 2.62 bits per heavy atom. The number of aromatic hydroxyl groups is 1. The third-order valence-corrected chi connectivity index (χ3v) is 2.97. The lowest BCUT2D eigenvalue weighted by molar-refractivity contribution is -0.0666. The molecule has 112 valence electrons. The highest BCUT2D eigenvalue weighted by Crippen LogP contribution is 2.35. The van der Waals surface area contributed by atoms with Crippen LogP contribution in [-0.4, -0.2) is 33.0 Å². The number of rotatable bonds is 6. The van der Waals surface area contributed by atoms with Gasteiger partial charge in [-0.2, -0.15) is 0 Å². The topological polar surface area (TPSA) is 77.4 Å². The molecule has 1 heterocycles. The molecule has 0 fully saturated rings. The predicted molar refractivity (Wildman–Crippen MR) is 78.0 cm³/mol. The van der Waals surface area contributed by atoms with E-state index in [4.69, 9.17) is 9.47 Å². The predicted octanol–water partition coefficient (Wildman–Crippen LogP) is 2.70. The fourth-order valence-electron chi connectivity index (χ4n) is 1.86. The first kappa shape index (κ1) is 15.2. The molecule has 0 aliphatic rings. The van der Waals surface area contributed by atoms with E-state index in [-0.39, 0.29) is 12.0 Å². The molecule has 0 saturated carbocycles. The molecule has 21 heavy (non-hydrogen) atoms. The molecule has 0 saturated heterocycles. The number of phenols is 1. The number of nitrogens with zero attached hydrogens (tertiary/aromatic N) is 3. The zero-order valence-electron chi connectivity index (χ0n) is 12.4. The average molecular weight is 289 g/mol. The highest BCUT2D eigenvalue weighted by molar-refractivity contribution is 5.68. The van der Waals surface area contributed by atoms with Crippen LogP contribution >= 0.6 is 0 Å². The second kappa shape index (κ2) is 6.99. The molecular formula is C15H19N3O3. The van der Waals surface area contributed by atoms with E-state index >= 15 is 0 Å². The second-order valence-corrected chi connectivity index (χ2v) is 4.60. The van der Waals surface area contributed by atoms with Crippen LogP contribution in [0.2, 0.25) is 0 Å². The van der Waals surface area contributed by atoms with Crippen molar-refractivity contribution in [1.29, 1.82) is 0 Å². The minimum atomic E-state index is -0.369. The minimum absolute atomic E-state index is 0.0985. The number of aromatic nitrogens is 3. The molecule has 1 aromatic heterocycles. The number of hydrogen-bond donors (Lipinski definition) is 1. The molecule has 0 aliphatic heterocycles. The van der Waals surface area contributed by atoms with Crippen molar-refractivity contribution < 1.29 is 14.6 Å². The van der Waals surface area contributed by atoms with Crippen molar-refractivity contribution in [3.05, 3.63) is 30.4 Å². The van der Waals surface area contributed by atoms with E-state index in [0.29, 0.717) is 29.3 Å². The maximum atomic E-state index is 10.3. The Morgan fingerprint density at radius 2 is 1.95 bits per heavy atom. The van der Waals surface area contributed by atoms with E-state index < -0.39 is 0 Å². The molecule has 6 heteroatoms. The summed E-state index contributed by atoms with van der Waals surface area (Å²) in [5.74, 6) is 1.10. The largest absolute Gasteiger partial charge is 0.507 e. The molecule has 2 aromatic rings. The first-order valence-electron chi connectivity index (χ1n) is 6.86. The van der Waals surface area contributed by atoms with Crippen molar-refractivity contribution >= 4 is 0 Å². The fraction of sp³-hybridized carbons (Fsp3) is 0.400. The summed E-state index contributed by atoms with van der Waals surface area (Å²) in [5, 5.41) is 10.3. The van der Waals surface area contributed by atoms with Gasteiger partial charge >= 0.3 is 0 Å². The Kier molecular flexibility index (Phi) is 5.05. The van der Waals surface area contributed by atoms with Gasteiger partial charge in [0.15, 0.2) is 12.1 Å². The van der Waals surface area contributed by atoms with Gasteiger partial charge in [0.1, 0.15) is 24.2 Å². The summed E-state index contributed by atoms with van der Waals surface area (Å²) in [6.07, 6.45) is 3.34. The van der Waals surface area contributed by atoms with Gasteiger partial charge in [-0.1, -0.05) is 6.92 Å². The lowest BCUT2D eigenvalue weighted by Gasteiger charge is -2.18. The molecule has 0 spiro atoms. The Morgan fingerprint density at radius 1 is 1.24 bits per heavy atom. The van der Waals surface area contributed by atoms with Crippen LogP contribution in [0.15, 0.2) is 24.8 Å². The lowest BCUT2D eigenvalue weighted by Crippen LogP contribution is -2.17. The van der Waals surface area contributed by atoms with Crippen molar-refractivity contribution in [2.45, 2.75) is 33.5 Å². The SMILES string of the molecule is CCCOC(C)Oc1ccc(-c2ncncn2)c(O)c1C. The average Bonchev–Trinajstić information content (AvgIpc) is 2.51. The Hall–Kier alpha value is -2.21. The van der Waals surface area contributed by atoms with E-state index in [1.807, 2.05) is 13.8 Å². The van der Waals surface area contributed by atoms with Crippen LogP contribution in [-0.2, 0) is 4.74 Å². The standard InChI is InChI=1S/C15H19N3O3/c1-4-7-20-11(3)21-13-6-5-12(14(19)10(13)2)15-17-8-16-9-18-15/h5-6,8-9,11,19H,4,7H2,1-3H3. The quantitative estimate of drug-likeness (QED) is 0.824. The highest BCUT2D eigenvalue weighted by Gasteiger charge is 2.15. The lowest BCUT2D eigenvalue weighted by atomic mass is 10.1. The maximum absolute atomic E-state index is 10.3. The summed E-state index contributed by atoms with van der Waals surface area (Å²) in [6.45, 7) is 6.27. The van der Waals surface area contributed by atoms with Gasteiger partial charge in [-0.05, 0) is 32.4 Å². The fourth-order valence-corrected chi connectivity index (χ4v) is 1.86. The second-order valence-electron chi connectivity index (χ2n) is 4.60. The van der Waals surface area contributed by atoms with Gasteiger partial charge in [-0.25, -0.2) is 15.0 Å². The van der Waals surface area contributed by atoms with Crippen molar-refractivity contribution in [3.8, 4) is 22.9 Å². The molecule has 1 unspecified atom stereocenters. The van der Waals surface area contributed by atoms with Gasteiger partial charge in [-0.3, -0.25) is 0 Å². The Labute approximate surface area is 123 Å². The van der Waals surface area contributed by atoms with Gasteiger partial charge < -0.3 is 14.6 Å². The van der Waals surface area contributed by atoms with Crippen LogP contribution in [0.1, 0.15) is 25.8 Å². The minimum Gasteiger partial charge on any atom is -0.507 e. The summed E-state index contributed by atoms with van der Waals surface area (Å²) in [4.78, 5) is 11.8. The Balaban J connectivity index is 2.22. The zero-order valence-corrected chi connectivity index (χ0v) is 12.4. The van der Waals surface area contributed by atoms with Gasteiger partial charge in [0.2, 0.25) is 0 Å². The van der Waals surface area contributed by atoms with Crippen molar-refractivity contribution in [3.63, 3.8) is 0 Å². The molecule has 2 rings (SSSR count). The monoisotopic (exact) mass is 289 g/mol. The summed E-state index contributed by atoms with van der Waals surface area (Å²) >= 11 is 0. The molecule has 1 atom stereocenters. The van der Waals surface area contributed by atoms with E-state index in [2.05, 4.69) is 15.0 Å². The molecule has 0 aliphatic carbocycles. The van der Waals surface area contributed by atoms with Gasteiger partial charge in [0, 0.05) is 5.56 Å². The Bertz CT molecular complexity index is 590. The molecule has 0 bridgehead atoms. The van der Waals surface area contributed by atoms with Gasteiger partial charge in [-0.15, -0.1) is 0 Å². The van der Waals surface area contributed by atoms with Crippen LogP contribution in [0.5, 0.6) is 11.5 Å². The third-order valence-electron chi connectivity index (χ3n) is 2.97. The molecule has 6 nitrogen and oxygen atoms in total. The molecule has 0 amide bonds. The van der Waals surface area contributed by atoms with Crippen LogP contribution < -0.4 is 4.74 Å². The zero-order chi connectivity index (χ0) is 15.2. The summed E-state index contributed by atoms with van der Waals surface area (Å²) in [5.41, 5.74) is 1.17. The van der Waals surface area contributed by atoms with Crippen LogP contribution in [0.25, 0.3) is 11.4 Å². The van der Waals surface area contributed by atoms with Crippen LogP contribution in [0.4, 0.5) is 0 Å². The van der Waals surface area contributed by atoms with Crippen LogP contribution in [0.3, 0.4) is 0 Å². The van der Waals surface area contributed by atoms with Crippen molar-refractivity contribution in [2.75, 3.05) is 6.61 Å². The third kappa shape index (κ3) is 3.66. The van der Waals surface area contributed by atoms with Gasteiger partial charge in [0.25, 0.3) is 0 Å². The van der Waals surface area contributed by atoms with Gasteiger partial charge in [0.05, 0.1) is 12.2 Å². The number of hydrogen-bond acceptors (Lipinski definition) is 6. The normalized spacial score (nSPS) is 12.1. The highest BCUT2D eigenvalue weighted by atomic mass is 16.7. The molecule has 1 N–H and O–H groups in total. The van der Waals surface area contributed by atoms with Crippen LogP contribution in [0, 0.1) is 6.92 Å². The first-order chi connectivity index (χ1) is 10.1.